The van der Waals surface area contributed by atoms with Gasteiger partial charge in [-0.2, -0.15) is 0 Å². The van der Waals surface area contributed by atoms with Crippen LogP contribution in [-0.4, -0.2) is 14.5 Å². The molecule has 41 heavy (non-hydrogen) atoms. The Balaban J connectivity index is 1.58. The van der Waals surface area contributed by atoms with Crippen molar-refractivity contribution in [3.63, 3.8) is 0 Å². The van der Waals surface area contributed by atoms with Crippen LogP contribution in [-0.2, 0) is 5.41 Å². The molecule has 4 aromatic carbocycles. The normalized spacial score (nSPS) is 12.7. The summed E-state index contributed by atoms with van der Waals surface area (Å²) < 4.78 is 15.4. The molecule has 0 unspecified atom stereocenters. The van der Waals surface area contributed by atoms with Gasteiger partial charge < -0.3 is 8.83 Å². The van der Waals surface area contributed by atoms with E-state index in [2.05, 4.69) is 120 Å². The van der Waals surface area contributed by atoms with Crippen LogP contribution >= 0.6 is 0 Å². The summed E-state index contributed by atoms with van der Waals surface area (Å²) in [4.78, 5) is 10.0. The summed E-state index contributed by atoms with van der Waals surface area (Å²) in [5, 5.41) is 2.05. The van der Waals surface area contributed by atoms with Gasteiger partial charge in [0.1, 0.15) is 16.9 Å². The van der Waals surface area contributed by atoms with E-state index >= 15 is 0 Å². The lowest BCUT2D eigenvalue weighted by atomic mass is 9.92. The van der Waals surface area contributed by atoms with E-state index in [4.69, 9.17) is 18.8 Å². The third-order valence-corrected chi connectivity index (χ3v) is 8.03. The Morgan fingerprint density at radius 1 is 0.634 bits per heavy atom. The second-order valence-corrected chi connectivity index (χ2v) is 12.7. The molecule has 0 radical (unpaired) electrons. The van der Waals surface area contributed by atoms with Gasteiger partial charge in [-0.3, -0.25) is 4.57 Å². The molecule has 0 saturated carbocycles. The molecule has 0 atom stereocenters. The predicted molar refractivity (Wildman–Crippen MR) is 168 cm³/mol. The molecule has 0 spiro atoms. The van der Waals surface area contributed by atoms with Crippen LogP contribution in [0.5, 0.6) is 0 Å². The molecule has 0 aliphatic heterocycles. The average Bonchev–Trinajstić information content (AvgIpc) is 3.65. The van der Waals surface area contributed by atoms with Gasteiger partial charge in [0, 0.05) is 16.2 Å². The first kappa shape index (κ1) is 25.6. The van der Waals surface area contributed by atoms with Gasteiger partial charge in [-0.05, 0) is 53.3 Å². The number of benzene rings is 4. The lowest BCUT2D eigenvalue weighted by Gasteiger charge is -2.22. The number of furan rings is 1. The van der Waals surface area contributed by atoms with Crippen molar-refractivity contribution in [3.05, 3.63) is 89.8 Å². The highest BCUT2D eigenvalue weighted by molar-refractivity contribution is 6.15. The number of rotatable bonds is 4. The first-order valence-corrected chi connectivity index (χ1v) is 14.5. The number of imidazole rings is 1. The van der Waals surface area contributed by atoms with Crippen LogP contribution in [0.1, 0.15) is 77.3 Å². The van der Waals surface area contributed by atoms with Crippen LogP contribution in [0.15, 0.2) is 81.6 Å². The van der Waals surface area contributed by atoms with Gasteiger partial charge >= 0.3 is 0 Å². The van der Waals surface area contributed by atoms with E-state index < -0.39 is 0 Å². The van der Waals surface area contributed by atoms with Gasteiger partial charge in [-0.1, -0.05) is 90.9 Å². The number of nitrogens with zero attached hydrogens (tertiary/aromatic N) is 3. The maximum Gasteiger partial charge on any atom is 0.201 e. The molecule has 206 valence electrons. The van der Waals surface area contributed by atoms with E-state index in [1.807, 2.05) is 6.07 Å². The number of oxazole rings is 1. The maximum absolute atomic E-state index is 6.73. The second kappa shape index (κ2) is 9.07. The minimum Gasteiger partial charge on any atom is -0.451 e. The highest BCUT2D eigenvalue weighted by atomic mass is 16.4. The van der Waals surface area contributed by atoms with Crippen LogP contribution in [0, 0.1) is 0 Å². The van der Waals surface area contributed by atoms with Gasteiger partial charge in [0.15, 0.2) is 11.2 Å². The van der Waals surface area contributed by atoms with Crippen LogP contribution < -0.4 is 0 Å². The molecule has 0 aliphatic carbocycles. The number of aromatic nitrogens is 3. The fraction of sp³-hybridized carbons (Fsp3) is 0.278. The highest BCUT2D eigenvalue weighted by Gasteiger charge is 2.26. The summed E-state index contributed by atoms with van der Waals surface area (Å²) in [5.41, 5.74) is 9.62. The van der Waals surface area contributed by atoms with Crippen molar-refractivity contribution < 1.29 is 8.83 Å². The molecule has 7 rings (SSSR count). The van der Waals surface area contributed by atoms with Crippen molar-refractivity contribution in [2.75, 3.05) is 0 Å². The molecular formula is C36H35N3O2. The summed E-state index contributed by atoms with van der Waals surface area (Å²) in [6.07, 6.45) is 0. The van der Waals surface area contributed by atoms with Crippen LogP contribution in [0.4, 0.5) is 0 Å². The van der Waals surface area contributed by atoms with E-state index in [9.17, 15) is 0 Å². The Morgan fingerprint density at radius 2 is 1.32 bits per heavy atom. The summed E-state index contributed by atoms with van der Waals surface area (Å²) in [7, 11) is 0. The molecule has 0 amide bonds. The monoisotopic (exact) mass is 541 g/mol. The van der Waals surface area contributed by atoms with E-state index in [-0.39, 0.29) is 5.41 Å². The summed E-state index contributed by atoms with van der Waals surface area (Å²) >= 11 is 0. The number of hydrogen-bond acceptors (Lipinski definition) is 4. The smallest absolute Gasteiger partial charge is 0.201 e. The topological polar surface area (TPSA) is 57.0 Å². The summed E-state index contributed by atoms with van der Waals surface area (Å²) in [5.74, 6) is 2.26. The fourth-order valence-electron chi connectivity index (χ4n) is 5.94. The van der Waals surface area contributed by atoms with E-state index in [1.165, 1.54) is 16.8 Å². The molecule has 7 aromatic rings. The summed E-state index contributed by atoms with van der Waals surface area (Å²) in [6, 6.07) is 25.5. The Labute approximate surface area is 239 Å². The predicted octanol–water partition coefficient (Wildman–Crippen LogP) is 10.3. The number of hydrogen-bond donors (Lipinski definition) is 0. The van der Waals surface area contributed by atoms with Gasteiger partial charge in [0.2, 0.25) is 5.89 Å². The van der Waals surface area contributed by atoms with E-state index in [0.717, 1.165) is 49.9 Å². The van der Waals surface area contributed by atoms with Crippen molar-refractivity contribution in [1.82, 2.24) is 14.5 Å². The van der Waals surface area contributed by atoms with Crippen molar-refractivity contribution in [3.8, 4) is 17.1 Å². The third kappa shape index (κ3) is 3.90. The van der Waals surface area contributed by atoms with E-state index in [1.54, 1.807) is 0 Å². The highest BCUT2D eigenvalue weighted by Crippen LogP contribution is 2.42. The molecule has 0 aliphatic rings. The largest absolute Gasteiger partial charge is 0.451 e. The number of para-hydroxylation sites is 4. The molecule has 0 bridgehead atoms. The quantitative estimate of drug-likeness (QED) is 0.222. The Bertz CT molecular complexity index is 2070. The molecule has 0 saturated heterocycles. The van der Waals surface area contributed by atoms with Gasteiger partial charge in [-0.25, -0.2) is 9.97 Å². The molecule has 5 heteroatoms. The van der Waals surface area contributed by atoms with Crippen molar-refractivity contribution >= 4 is 44.1 Å². The first-order valence-electron chi connectivity index (χ1n) is 14.5. The zero-order chi connectivity index (χ0) is 28.6. The molecule has 3 aromatic heterocycles. The second-order valence-electron chi connectivity index (χ2n) is 12.7. The molecule has 0 fully saturated rings. The molecule has 3 heterocycles. The van der Waals surface area contributed by atoms with Crippen molar-refractivity contribution in [2.45, 2.75) is 65.7 Å². The summed E-state index contributed by atoms with van der Waals surface area (Å²) in [6.45, 7) is 15.4. The van der Waals surface area contributed by atoms with Gasteiger partial charge in [0.05, 0.1) is 22.3 Å². The Kier molecular flexibility index (Phi) is 5.66. The Hall–Kier alpha value is -4.38. The first-order chi connectivity index (χ1) is 19.6. The third-order valence-electron chi connectivity index (χ3n) is 8.03. The Morgan fingerprint density at radius 3 is 2.02 bits per heavy atom. The van der Waals surface area contributed by atoms with Gasteiger partial charge in [0.25, 0.3) is 0 Å². The van der Waals surface area contributed by atoms with Crippen molar-refractivity contribution in [1.29, 1.82) is 0 Å². The zero-order valence-corrected chi connectivity index (χ0v) is 24.7. The molecular weight excluding hydrogens is 506 g/mol. The molecule has 0 N–H and O–H groups in total. The lowest BCUT2D eigenvalue weighted by Crippen LogP contribution is -2.10. The van der Waals surface area contributed by atoms with Gasteiger partial charge in [-0.15, -0.1) is 0 Å². The fourth-order valence-corrected chi connectivity index (χ4v) is 5.94. The minimum absolute atomic E-state index is 0.203. The average molecular weight is 542 g/mol. The standard InChI is InChI=1S/C36H35N3O2/c1-20(2)22-12-10-13-23(21(3)4)30(22)39-29-17-9-8-16-27(29)37-34(39)26-15-11-14-24-25-18-19-28-33(32(25)40-31(24)26)41-35(38-28)36(5,6)7/h8-21H,1-7H3. The minimum atomic E-state index is -0.203. The van der Waals surface area contributed by atoms with Crippen LogP contribution in [0.3, 0.4) is 0 Å². The van der Waals surface area contributed by atoms with E-state index in [0.29, 0.717) is 23.3 Å². The van der Waals surface area contributed by atoms with Crippen LogP contribution in [0.2, 0.25) is 0 Å². The SMILES string of the molecule is CC(C)c1cccc(C(C)C)c1-n1c(-c2cccc3c2oc2c3ccc3nc(C(C)(C)C)oc32)nc2ccccc21. The maximum atomic E-state index is 6.73. The molecule has 5 nitrogen and oxygen atoms in total. The lowest BCUT2D eigenvalue weighted by molar-refractivity contribution is 0.410. The van der Waals surface area contributed by atoms with Crippen molar-refractivity contribution in [2.24, 2.45) is 0 Å². The van der Waals surface area contributed by atoms with Crippen LogP contribution in [0.25, 0.3) is 61.1 Å². The zero-order valence-electron chi connectivity index (χ0n) is 24.7. The number of fused-ring (bicyclic) bond motifs is 6.